The maximum Gasteiger partial charge on any atom is 0.330 e. The minimum Gasteiger partial charge on any atom is -0.479 e. The van der Waals surface area contributed by atoms with Gasteiger partial charge in [-0.3, -0.25) is 4.79 Å². The topological polar surface area (TPSA) is 66.4 Å². The molecule has 23 heavy (non-hydrogen) atoms. The van der Waals surface area contributed by atoms with Crippen LogP contribution in [0.3, 0.4) is 0 Å². The van der Waals surface area contributed by atoms with E-state index >= 15 is 0 Å². The molecule has 0 aliphatic rings. The summed E-state index contributed by atoms with van der Waals surface area (Å²) >= 11 is 0. The molecule has 2 N–H and O–H groups in total. The summed E-state index contributed by atoms with van der Waals surface area (Å²) in [5.41, 5.74) is 0.972. The fourth-order valence-corrected chi connectivity index (χ4v) is 2.48. The number of rotatable bonds is 4. The van der Waals surface area contributed by atoms with Gasteiger partial charge in [-0.25, -0.2) is 4.79 Å². The van der Waals surface area contributed by atoms with Gasteiger partial charge in [0.25, 0.3) is 5.91 Å². The zero-order valence-corrected chi connectivity index (χ0v) is 12.3. The Morgan fingerprint density at radius 2 is 1.48 bits per heavy atom. The maximum atomic E-state index is 12.2. The van der Waals surface area contributed by atoms with Crippen molar-refractivity contribution in [2.45, 2.75) is 6.04 Å². The van der Waals surface area contributed by atoms with Crippen LogP contribution in [0.15, 0.2) is 72.8 Å². The minimum atomic E-state index is -1.09. The molecule has 0 aromatic heterocycles. The predicted octanol–water partition coefficient (Wildman–Crippen LogP) is 3.40. The van der Waals surface area contributed by atoms with E-state index in [-0.39, 0.29) is 0 Å². The lowest BCUT2D eigenvalue weighted by atomic mass is 10.0. The molecule has 1 amide bonds. The Balaban J connectivity index is 1.91. The van der Waals surface area contributed by atoms with Crippen LogP contribution >= 0.6 is 0 Å². The molecule has 4 heteroatoms. The number of aliphatic carboxylic acids is 1. The van der Waals surface area contributed by atoms with Gasteiger partial charge in [0.15, 0.2) is 6.04 Å². The monoisotopic (exact) mass is 305 g/mol. The van der Waals surface area contributed by atoms with Gasteiger partial charge in [0.2, 0.25) is 0 Å². The Bertz CT molecular complexity index is 859. The van der Waals surface area contributed by atoms with Crippen molar-refractivity contribution in [1.82, 2.24) is 5.32 Å². The summed E-state index contributed by atoms with van der Waals surface area (Å²) in [4.78, 5) is 23.8. The van der Waals surface area contributed by atoms with Crippen LogP contribution < -0.4 is 5.32 Å². The number of hydrogen-bond donors (Lipinski definition) is 2. The molecule has 0 spiro atoms. The minimum absolute atomic E-state index is 0.411. The van der Waals surface area contributed by atoms with E-state index < -0.39 is 17.9 Å². The lowest BCUT2D eigenvalue weighted by molar-refractivity contribution is -0.139. The largest absolute Gasteiger partial charge is 0.479 e. The number of fused-ring (bicyclic) bond motifs is 1. The van der Waals surface area contributed by atoms with Gasteiger partial charge in [-0.2, -0.15) is 0 Å². The average molecular weight is 305 g/mol. The van der Waals surface area contributed by atoms with E-state index in [1.54, 1.807) is 42.5 Å². The second kappa shape index (κ2) is 6.32. The van der Waals surface area contributed by atoms with Crippen molar-refractivity contribution in [1.29, 1.82) is 0 Å². The fraction of sp³-hybridized carbons (Fsp3) is 0.0526. The third-order valence-corrected chi connectivity index (χ3v) is 3.67. The molecule has 3 aromatic carbocycles. The van der Waals surface area contributed by atoms with Crippen molar-refractivity contribution >= 4 is 22.6 Å². The van der Waals surface area contributed by atoms with Crippen molar-refractivity contribution in [3.05, 3.63) is 83.9 Å². The average Bonchev–Trinajstić information content (AvgIpc) is 2.59. The first kappa shape index (κ1) is 14.8. The van der Waals surface area contributed by atoms with Gasteiger partial charge >= 0.3 is 5.97 Å². The molecule has 0 bridgehead atoms. The molecule has 1 unspecified atom stereocenters. The second-order valence-electron chi connectivity index (χ2n) is 5.22. The quantitative estimate of drug-likeness (QED) is 0.776. The molecule has 0 saturated carbocycles. The Labute approximate surface area is 133 Å². The first-order chi connectivity index (χ1) is 11.1. The van der Waals surface area contributed by atoms with Crippen LogP contribution in [0.5, 0.6) is 0 Å². The zero-order valence-electron chi connectivity index (χ0n) is 12.3. The molecule has 0 radical (unpaired) electrons. The van der Waals surface area contributed by atoms with Crippen LogP contribution in [-0.4, -0.2) is 17.0 Å². The van der Waals surface area contributed by atoms with Crippen molar-refractivity contribution in [3.8, 4) is 0 Å². The van der Waals surface area contributed by atoms with E-state index in [1.165, 1.54) is 0 Å². The molecule has 3 rings (SSSR count). The molecule has 3 aromatic rings. The number of benzene rings is 3. The van der Waals surface area contributed by atoms with E-state index in [4.69, 9.17) is 0 Å². The summed E-state index contributed by atoms with van der Waals surface area (Å²) in [6.45, 7) is 0. The summed E-state index contributed by atoms with van der Waals surface area (Å²) in [5.74, 6) is -1.50. The van der Waals surface area contributed by atoms with E-state index in [9.17, 15) is 14.7 Å². The van der Waals surface area contributed by atoms with Gasteiger partial charge < -0.3 is 10.4 Å². The highest BCUT2D eigenvalue weighted by molar-refractivity contribution is 5.97. The first-order valence-electron chi connectivity index (χ1n) is 7.22. The lowest BCUT2D eigenvalue weighted by Crippen LogP contribution is -2.33. The van der Waals surface area contributed by atoms with Gasteiger partial charge in [0.05, 0.1) is 0 Å². The van der Waals surface area contributed by atoms with E-state index in [0.717, 1.165) is 10.8 Å². The fourth-order valence-electron chi connectivity index (χ4n) is 2.48. The highest BCUT2D eigenvalue weighted by Crippen LogP contribution is 2.21. The van der Waals surface area contributed by atoms with E-state index in [1.807, 2.05) is 30.3 Å². The van der Waals surface area contributed by atoms with Crippen LogP contribution in [0.4, 0.5) is 0 Å². The Morgan fingerprint density at radius 1 is 0.826 bits per heavy atom. The highest BCUT2D eigenvalue weighted by Gasteiger charge is 2.22. The normalized spacial score (nSPS) is 11.8. The number of hydrogen-bond acceptors (Lipinski definition) is 2. The first-order valence-corrected chi connectivity index (χ1v) is 7.22. The summed E-state index contributed by atoms with van der Waals surface area (Å²) in [7, 11) is 0. The number of carboxylic acids is 1. The standard InChI is InChI=1S/C19H15NO3/c21-18(14-7-2-1-3-8-14)20-17(19(22)23)16-11-10-13-6-4-5-9-15(13)12-16/h1-12,17H,(H,20,21)(H,22,23). The van der Waals surface area contributed by atoms with Gasteiger partial charge in [-0.1, -0.05) is 54.6 Å². The van der Waals surface area contributed by atoms with Gasteiger partial charge in [-0.15, -0.1) is 0 Å². The van der Waals surface area contributed by atoms with Crippen LogP contribution in [0.25, 0.3) is 10.8 Å². The molecule has 1 atom stereocenters. The number of carbonyl (C=O) groups excluding carboxylic acids is 1. The Kier molecular flexibility index (Phi) is 4.06. The molecule has 0 aliphatic carbocycles. The Hall–Kier alpha value is -3.14. The SMILES string of the molecule is O=C(NC(C(=O)O)c1ccc2ccccc2c1)c1ccccc1. The smallest absolute Gasteiger partial charge is 0.330 e. The number of carbonyl (C=O) groups is 2. The Morgan fingerprint density at radius 3 is 2.17 bits per heavy atom. The summed E-state index contributed by atoms with van der Waals surface area (Å²) in [6, 6.07) is 20.5. The van der Waals surface area contributed by atoms with Crippen LogP contribution in [0.2, 0.25) is 0 Å². The highest BCUT2D eigenvalue weighted by atomic mass is 16.4. The third kappa shape index (κ3) is 3.21. The van der Waals surface area contributed by atoms with Gasteiger partial charge in [-0.05, 0) is 34.5 Å². The van der Waals surface area contributed by atoms with Crippen molar-refractivity contribution in [2.75, 3.05) is 0 Å². The predicted molar refractivity (Wildman–Crippen MR) is 88.2 cm³/mol. The number of carboxylic acid groups (broad SMARTS) is 1. The van der Waals surface area contributed by atoms with Gasteiger partial charge in [0, 0.05) is 5.56 Å². The van der Waals surface area contributed by atoms with E-state index in [0.29, 0.717) is 11.1 Å². The molecule has 0 aliphatic heterocycles. The van der Waals surface area contributed by atoms with Crippen molar-refractivity contribution < 1.29 is 14.7 Å². The van der Waals surface area contributed by atoms with Crippen LogP contribution in [0, 0.1) is 0 Å². The number of nitrogens with one attached hydrogen (secondary N) is 1. The van der Waals surface area contributed by atoms with Crippen molar-refractivity contribution in [3.63, 3.8) is 0 Å². The second-order valence-corrected chi connectivity index (χ2v) is 5.22. The zero-order chi connectivity index (χ0) is 16.2. The molecule has 4 nitrogen and oxygen atoms in total. The van der Waals surface area contributed by atoms with Crippen LogP contribution in [0.1, 0.15) is 22.0 Å². The van der Waals surface area contributed by atoms with Gasteiger partial charge in [0.1, 0.15) is 0 Å². The molecular formula is C19H15NO3. The summed E-state index contributed by atoms with van der Waals surface area (Å²) < 4.78 is 0. The molecule has 114 valence electrons. The summed E-state index contributed by atoms with van der Waals surface area (Å²) in [5, 5.41) is 14.0. The molecular weight excluding hydrogens is 290 g/mol. The molecule has 0 heterocycles. The summed E-state index contributed by atoms with van der Waals surface area (Å²) in [6.07, 6.45) is 0. The van der Waals surface area contributed by atoms with Crippen molar-refractivity contribution in [2.24, 2.45) is 0 Å². The lowest BCUT2D eigenvalue weighted by Gasteiger charge is -2.15. The van der Waals surface area contributed by atoms with Crippen LogP contribution in [-0.2, 0) is 4.79 Å². The maximum absolute atomic E-state index is 12.2. The van der Waals surface area contributed by atoms with E-state index in [2.05, 4.69) is 5.32 Å². The third-order valence-electron chi connectivity index (χ3n) is 3.67. The molecule has 0 fully saturated rings. The number of amides is 1. The molecule has 0 saturated heterocycles.